The summed E-state index contributed by atoms with van der Waals surface area (Å²) in [6.07, 6.45) is 11.0. The second kappa shape index (κ2) is 10.9. The molecular formula is C29H34N6O5. The number of likely N-dealkylation sites (tertiary alicyclic amines) is 1. The van der Waals surface area contributed by atoms with E-state index in [1.807, 2.05) is 10.9 Å². The summed E-state index contributed by atoms with van der Waals surface area (Å²) in [6.45, 7) is 2.19. The predicted octanol–water partition coefficient (Wildman–Crippen LogP) is 2.64. The summed E-state index contributed by atoms with van der Waals surface area (Å²) >= 11 is 0. The van der Waals surface area contributed by atoms with Crippen LogP contribution in [0.25, 0.3) is 0 Å². The first-order valence-electron chi connectivity index (χ1n) is 14.3. The monoisotopic (exact) mass is 546 g/mol. The molecule has 3 fully saturated rings. The number of carbonyl (C=O) groups excluding carboxylic acids is 5. The number of benzene rings is 1. The molecule has 5 amide bonds. The van der Waals surface area contributed by atoms with Crippen LogP contribution in [0.4, 0.5) is 5.69 Å². The third-order valence-electron chi connectivity index (χ3n) is 8.69. The van der Waals surface area contributed by atoms with Crippen molar-refractivity contribution in [1.82, 2.24) is 24.9 Å². The number of nitrogens with one attached hydrogen (secondary N) is 2. The lowest BCUT2D eigenvalue weighted by Gasteiger charge is -2.34. The van der Waals surface area contributed by atoms with Crippen molar-refractivity contribution in [2.24, 2.45) is 5.92 Å². The Morgan fingerprint density at radius 3 is 2.50 bits per heavy atom. The fourth-order valence-corrected chi connectivity index (χ4v) is 6.49. The summed E-state index contributed by atoms with van der Waals surface area (Å²) < 4.78 is 1.98. The fourth-order valence-electron chi connectivity index (χ4n) is 6.49. The Kier molecular flexibility index (Phi) is 7.12. The smallest absolute Gasteiger partial charge is 0.264 e. The van der Waals surface area contributed by atoms with E-state index >= 15 is 0 Å². The van der Waals surface area contributed by atoms with E-state index in [4.69, 9.17) is 0 Å². The van der Waals surface area contributed by atoms with E-state index in [1.54, 1.807) is 24.4 Å². The molecule has 1 aromatic heterocycles. The lowest BCUT2D eigenvalue weighted by Crippen LogP contribution is -2.54. The highest BCUT2D eigenvalue weighted by Gasteiger charge is 2.45. The average molecular weight is 547 g/mol. The molecule has 0 spiro atoms. The van der Waals surface area contributed by atoms with Gasteiger partial charge in [0.1, 0.15) is 6.04 Å². The molecule has 6 rings (SSSR count). The molecule has 4 aliphatic rings. The molecule has 210 valence electrons. The standard InChI is InChI=1S/C29H34N6O5/c36-24-12-11-23(26(37)32-24)35-28(39)21-5-4-6-22(25(21)29(35)40)30-15-18-16-31-34(17-18)20-9-7-19(8-10-20)27(38)33-13-2-1-3-14-33/h4-6,16-17,19-20,23,30H,1-3,7-15H2,(H,32,36,37). The van der Waals surface area contributed by atoms with Gasteiger partial charge in [0.05, 0.1) is 23.4 Å². The van der Waals surface area contributed by atoms with Crippen LogP contribution in [0.15, 0.2) is 30.6 Å². The minimum atomic E-state index is -0.999. The Morgan fingerprint density at radius 1 is 0.975 bits per heavy atom. The number of amides is 5. The Morgan fingerprint density at radius 2 is 1.75 bits per heavy atom. The fraction of sp³-hybridized carbons (Fsp3) is 0.517. The molecule has 11 heteroatoms. The summed E-state index contributed by atoms with van der Waals surface area (Å²) in [5.74, 6) is -1.66. The van der Waals surface area contributed by atoms with Gasteiger partial charge in [-0.25, -0.2) is 0 Å². The molecule has 1 saturated carbocycles. The zero-order chi connectivity index (χ0) is 27.8. The van der Waals surface area contributed by atoms with E-state index in [9.17, 15) is 24.0 Å². The van der Waals surface area contributed by atoms with Gasteiger partial charge >= 0.3 is 0 Å². The molecule has 0 radical (unpaired) electrons. The molecule has 2 saturated heterocycles. The van der Waals surface area contributed by atoms with Gasteiger partial charge in [-0.05, 0) is 63.5 Å². The molecule has 11 nitrogen and oxygen atoms in total. The normalized spacial score (nSPS) is 25.1. The van der Waals surface area contributed by atoms with Crippen LogP contribution in [0.3, 0.4) is 0 Å². The number of aromatic nitrogens is 2. The molecule has 2 aromatic rings. The van der Waals surface area contributed by atoms with E-state index < -0.39 is 29.7 Å². The molecular weight excluding hydrogens is 512 g/mol. The first kappa shape index (κ1) is 26.2. The van der Waals surface area contributed by atoms with E-state index in [0.717, 1.165) is 62.1 Å². The van der Waals surface area contributed by atoms with Gasteiger partial charge in [0, 0.05) is 49.4 Å². The van der Waals surface area contributed by atoms with Crippen LogP contribution in [-0.4, -0.2) is 68.2 Å². The number of carbonyl (C=O) groups is 5. The van der Waals surface area contributed by atoms with Crippen LogP contribution in [0.1, 0.15) is 90.1 Å². The number of hydrogen-bond donors (Lipinski definition) is 2. The van der Waals surface area contributed by atoms with Crippen molar-refractivity contribution in [3.05, 3.63) is 47.3 Å². The van der Waals surface area contributed by atoms with Gasteiger partial charge in [-0.3, -0.25) is 38.9 Å². The van der Waals surface area contributed by atoms with Crippen molar-refractivity contribution in [2.75, 3.05) is 18.4 Å². The summed E-state index contributed by atoms with van der Waals surface area (Å²) in [4.78, 5) is 66.2. The zero-order valence-corrected chi connectivity index (χ0v) is 22.4. The van der Waals surface area contributed by atoms with Gasteiger partial charge in [0.15, 0.2) is 0 Å². The third-order valence-corrected chi connectivity index (χ3v) is 8.69. The highest BCUT2D eigenvalue weighted by Crippen LogP contribution is 2.35. The Hall–Kier alpha value is -4.02. The maximum Gasteiger partial charge on any atom is 0.264 e. The Bertz CT molecular complexity index is 1350. The summed E-state index contributed by atoms with van der Waals surface area (Å²) in [5.41, 5.74) is 1.92. The number of rotatable bonds is 6. The van der Waals surface area contributed by atoms with Crippen molar-refractivity contribution in [3.63, 3.8) is 0 Å². The van der Waals surface area contributed by atoms with Gasteiger partial charge in [0.2, 0.25) is 17.7 Å². The van der Waals surface area contributed by atoms with Gasteiger partial charge in [0.25, 0.3) is 11.8 Å². The number of anilines is 1. The summed E-state index contributed by atoms with van der Waals surface area (Å²) in [5, 5.41) is 10.1. The molecule has 4 heterocycles. The molecule has 0 bridgehead atoms. The van der Waals surface area contributed by atoms with Crippen molar-refractivity contribution in [3.8, 4) is 0 Å². The molecule has 1 aromatic carbocycles. The lowest BCUT2D eigenvalue weighted by atomic mass is 9.85. The third kappa shape index (κ3) is 4.89. The van der Waals surface area contributed by atoms with Crippen LogP contribution in [0, 0.1) is 5.92 Å². The van der Waals surface area contributed by atoms with Crippen LogP contribution in [0.5, 0.6) is 0 Å². The number of fused-ring (bicyclic) bond motifs is 1. The van der Waals surface area contributed by atoms with Crippen LogP contribution >= 0.6 is 0 Å². The molecule has 40 heavy (non-hydrogen) atoms. The van der Waals surface area contributed by atoms with E-state index in [2.05, 4.69) is 20.6 Å². The topological polar surface area (TPSA) is 134 Å². The first-order valence-corrected chi connectivity index (χ1v) is 14.3. The van der Waals surface area contributed by atoms with Crippen molar-refractivity contribution in [1.29, 1.82) is 0 Å². The predicted molar refractivity (Wildman–Crippen MR) is 144 cm³/mol. The molecule has 2 N–H and O–H groups in total. The number of nitrogens with zero attached hydrogens (tertiary/aromatic N) is 4. The average Bonchev–Trinajstić information content (AvgIpc) is 3.55. The van der Waals surface area contributed by atoms with Gasteiger partial charge in [-0.1, -0.05) is 6.07 Å². The molecule has 1 atom stereocenters. The summed E-state index contributed by atoms with van der Waals surface area (Å²) in [6, 6.07) is 4.27. The second-order valence-electron chi connectivity index (χ2n) is 11.2. The van der Waals surface area contributed by atoms with Gasteiger partial charge < -0.3 is 10.2 Å². The van der Waals surface area contributed by atoms with Gasteiger partial charge in [-0.15, -0.1) is 0 Å². The second-order valence-corrected chi connectivity index (χ2v) is 11.2. The number of hydrogen-bond acceptors (Lipinski definition) is 7. The number of imide groups is 2. The van der Waals surface area contributed by atoms with Crippen LogP contribution in [-0.2, 0) is 20.9 Å². The van der Waals surface area contributed by atoms with E-state index in [1.165, 1.54) is 6.42 Å². The molecule has 1 aliphatic carbocycles. The Labute approximate surface area is 232 Å². The van der Waals surface area contributed by atoms with Crippen molar-refractivity contribution < 1.29 is 24.0 Å². The Balaban J connectivity index is 1.07. The SMILES string of the molecule is O=C1CCC(N2C(=O)c3cccc(NCc4cnn(C5CCC(C(=O)N6CCCCC6)CC5)c4)c3C2=O)C(=O)N1. The highest BCUT2D eigenvalue weighted by molar-refractivity contribution is 6.25. The largest absolute Gasteiger partial charge is 0.380 e. The summed E-state index contributed by atoms with van der Waals surface area (Å²) in [7, 11) is 0. The van der Waals surface area contributed by atoms with Crippen LogP contribution < -0.4 is 10.6 Å². The maximum absolute atomic E-state index is 13.3. The minimum Gasteiger partial charge on any atom is -0.380 e. The highest BCUT2D eigenvalue weighted by atomic mass is 16.2. The van der Waals surface area contributed by atoms with Crippen LogP contribution in [0.2, 0.25) is 0 Å². The number of piperidine rings is 2. The van der Waals surface area contributed by atoms with Crippen molar-refractivity contribution in [2.45, 2.75) is 76.4 Å². The minimum absolute atomic E-state index is 0.0787. The molecule has 3 aliphatic heterocycles. The van der Waals surface area contributed by atoms with Crippen molar-refractivity contribution >= 4 is 35.2 Å². The quantitative estimate of drug-likeness (QED) is 0.532. The zero-order valence-electron chi connectivity index (χ0n) is 22.4. The lowest BCUT2D eigenvalue weighted by molar-refractivity contribution is -0.138. The van der Waals surface area contributed by atoms with Gasteiger partial charge in [-0.2, -0.15) is 5.10 Å². The molecule has 1 unspecified atom stereocenters. The first-order chi connectivity index (χ1) is 19.4. The van der Waals surface area contributed by atoms with E-state index in [0.29, 0.717) is 18.1 Å². The maximum atomic E-state index is 13.3. The van der Waals surface area contributed by atoms with E-state index in [-0.39, 0.29) is 35.9 Å².